The van der Waals surface area contributed by atoms with E-state index in [0.717, 1.165) is 34.7 Å². The Balaban J connectivity index is 0.00000208. The molecule has 24 heavy (non-hydrogen) atoms. The molecule has 5 heteroatoms. The minimum Gasteiger partial charge on any atom is -0.497 e. The zero-order valence-electron chi connectivity index (χ0n) is 13.8. The Kier molecular flexibility index (Phi) is 6.41. The summed E-state index contributed by atoms with van der Waals surface area (Å²) in [5.74, 6) is 1.79. The molecule has 1 aromatic heterocycles. The molecule has 4 nitrogen and oxygen atoms in total. The van der Waals surface area contributed by atoms with Gasteiger partial charge in [0.25, 0.3) is 0 Å². The van der Waals surface area contributed by atoms with Crippen molar-refractivity contribution in [2.75, 3.05) is 20.8 Å². The van der Waals surface area contributed by atoms with Gasteiger partial charge in [0, 0.05) is 13.7 Å². The molecule has 126 valence electrons. The Labute approximate surface area is 148 Å². The van der Waals surface area contributed by atoms with Gasteiger partial charge in [-0.1, -0.05) is 30.3 Å². The van der Waals surface area contributed by atoms with Gasteiger partial charge in [0.2, 0.25) is 0 Å². The molecule has 0 radical (unpaired) electrons. The largest absolute Gasteiger partial charge is 0.497 e. The van der Waals surface area contributed by atoms with Gasteiger partial charge in [-0.05, 0) is 35.9 Å². The van der Waals surface area contributed by atoms with E-state index in [1.807, 2.05) is 48.5 Å². The lowest BCUT2D eigenvalue weighted by molar-refractivity contribution is 0.188. The van der Waals surface area contributed by atoms with Gasteiger partial charge in [0.1, 0.15) is 11.6 Å². The fourth-order valence-corrected chi connectivity index (χ4v) is 2.52. The van der Waals surface area contributed by atoms with Gasteiger partial charge in [-0.2, -0.15) is 0 Å². The maximum atomic E-state index is 5.22. The molecule has 0 aliphatic rings. The van der Waals surface area contributed by atoms with Gasteiger partial charge in [-0.15, -0.1) is 12.4 Å². The molecule has 0 saturated heterocycles. The normalized spacial score (nSPS) is 10.9. The quantitative estimate of drug-likeness (QED) is 0.669. The van der Waals surface area contributed by atoms with Gasteiger partial charge in [-0.3, -0.25) is 0 Å². The lowest BCUT2D eigenvalue weighted by Gasteiger charge is -2.06. The Morgan fingerprint density at radius 3 is 2.46 bits per heavy atom. The lowest BCUT2D eigenvalue weighted by Crippen LogP contribution is -2.05. The Bertz CT molecular complexity index is 810. The van der Waals surface area contributed by atoms with Gasteiger partial charge in [0.05, 0.1) is 24.8 Å². The molecule has 0 N–H and O–H groups in total. The number of methoxy groups -OCH3 is 2. The highest BCUT2D eigenvalue weighted by Gasteiger charge is 2.07. The fourth-order valence-electron chi connectivity index (χ4n) is 2.52. The first kappa shape index (κ1) is 18.0. The first-order valence-electron chi connectivity index (χ1n) is 7.58. The van der Waals surface area contributed by atoms with Gasteiger partial charge < -0.3 is 14.0 Å². The molecular formula is C19H21ClN2O2. The van der Waals surface area contributed by atoms with Crippen molar-refractivity contribution in [3.8, 4) is 5.75 Å². The summed E-state index contributed by atoms with van der Waals surface area (Å²) in [4.78, 5) is 4.71. The van der Waals surface area contributed by atoms with Crippen molar-refractivity contribution in [2.24, 2.45) is 0 Å². The van der Waals surface area contributed by atoms with Crippen molar-refractivity contribution in [2.45, 2.75) is 6.54 Å². The van der Waals surface area contributed by atoms with Gasteiger partial charge in [-0.25, -0.2) is 4.98 Å². The van der Waals surface area contributed by atoms with Crippen LogP contribution in [0.1, 0.15) is 11.4 Å². The van der Waals surface area contributed by atoms with Gasteiger partial charge >= 0.3 is 0 Å². The second kappa shape index (κ2) is 8.52. The molecular weight excluding hydrogens is 324 g/mol. The van der Waals surface area contributed by atoms with Crippen LogP contribution in [0.2, 0.25) is 0 Å². The standard InChI is InChI=1S/C19H20N2O2.ClH/c1-22-14-13-21-18-6-4-3-5-17(18)20-19(21)12-9-15-7-10-16(23-2)11-8-15;/h3-12H,13-14H2,1-2H3;1H. The van der Waals surface area contributed by atoms with Crippen LogP contribution in [-0.4, -0.2) is 30.4 Å². The zero-order chi connectivity index (χ0) is 16.1. The third-order valence-electron chi connectivity index (χ3n) is 3.74. The number of hydrogen-bond donors (Lipinski definition) is 0. The Hall–Kier alpha value is -2.30. The molecule has 0 aliphatic heterocycles. The molecule has 0 saturated carbocycles. The average Bonchev–Trinajstić information content (AvgIpc) is 2.96. The summed E-state index contributed by atoms with van der Waals surface area (Å²) in [6.45, 7) is 1.43. The first-order valence-corrected chi connectivity index (χ1v) is 7.58. The number of ether oxygens (including phenoxy) is 2. The van der Waals surface area contributed by atoms with E-state index in [-0.39, 0.29) is 12.4 Å². The van der Waals surface area contributed by atoms with Crippen molar-refractivity contribution in [3.63, 3.8) is 0 Å². The molecule has 0 atom stereocenters. The number of halogens is 1. The lowest BCUT2D eigenvalue weighted by atomic mass is 10.2. The first-order chi connectivity index (χ1) is 11.3. The number of benzene rings is 2. The van der Waals surface area contributed by atoms with Gasteiger partial charge in [0.15, 0.2) is 0 Å². The summed E-state index contributed by atoms with van der Waals surface area (Å²) >= 11 is 0. The Morgan fingerprint density at radius 2 is 1.75 bits per heavy atom. The molecule has 1 heterocycles. The molecule has 0 spiro atoms. The molecule has 0 amide bonds. The molecule has 3 aromatic rings. The SMILES string of the molecule is COCCn1c(C=Cc2ccc(OC)cc2)nc2ccccc21.Cl. The second-order valence-corrected chi connectivity index (χ2v) is 5.21. The maximum absolute atomic E-state index is 5.22. The zero-order valence-corrected chi connectivity index (χ0v) is 14.6. The minimum atomic E-state index is 0. The van der Waals surface area contributed by atoms with Crippen LogP contribution in [0.5, 0.6) is 5.75 Å². The minimum absolute atomic E-state index is 0. The summed E-state index contributed by atoms with van der Waals surface area (Å²) in [7, 11) is 3.38. The molecule has 3 rings (SSSR count). The highest BCUT2D eigenvalue weighted by molar-refractivity contribution is 5.85. The average molecular weight is 345 g/mol. The van der Waals surface area contributed by atoms with Crippen LogP contribution < -0.4 is 4.74 Å². The van der Waals surface area contributed by atoms with E-state index in [1.54, 1.807) is 14.2 Å². The number of hydrogen-bond acceptors (Lipinski definition) is 3. The molecule has 0 bridgehead atoms. The number of para-hydroxylation sites is 2. The predicted octanol–water partition coefficient (Wildman–Crippen LogP) is 4.28. The van der Waals surface area contributed by atoms with Crippen molar-refractivity contribution < 1.29 is 9.47 Å². The van der Waals surface area contributed by atoms with Crippen molar-refractivity contribution in [1.29, 1.82) is 0 Å². The topological polar surface area (TPSA) is 36.3 Å². The highest BCUT2D eigenvalue weighted by atomic mass is 35.5. The van der Waals surface area contributed by atoms with E-state index in [2.05, 4.69) is 16.7 Å². The number of rotatable bonds is 6. The molecule has 0 fully saturated rings. The van der Waals surface area contributed by atoms with Crippen molar-refractivity contribution >= 4 is 35.6 Å². The monoisotopic (exact) mass is 344 g/mol. The molecule has 2 aromatic carbocycles. The predicted molar refractivity (Wildman–Crippen MR) is 101 cm³/mol. The van der Waals surface area contributed by atoms with E-state index >= 15 is 0 Å². The van der Waals surface area contributed by atoms with E-state index < -0.39 is 0 Å². The maximum Gasteiger partial charge on any atom is 0.133 e. The smallest absolute Gasteiger partial charge is 0.133 e. The number of imidazole rings is 1. The third kappa shape index (κ3) is 3.96. The van der Waals surface area contributed by atoms with Crippen LogP contribution in [0, 0.1) is 0 Å². The van der Waals surface area contributed by atoms with Crippen molar-refractivity contribution in [3.05, 3.63) is 59.9 Å². The van der Waals surface area contributed by atoms with Crippen LogP contribution in [0.4, 0.5) is 0 Å². The van der Waals surface area contributed by atoms with Crippen LogP contribution in [0.3, 0.4) is 0 Å². The fraction of sp³-hybridized carbons (Fsp3) is 0.211. The number of aromatic nitrogens is 2. The van der Waals surface area contributed by atoms with Crippen molar-refractivity contribution in [1.82, 2.24) is 9.55 Å². The summed E-state index contributed by atoms with van der Waals surface area (Å²) in [6.07, 6.45) is 4.10. The summed E-state index contributed by atoms with van der Waals surface area (Å²) in [5.41, 5.74) is 3.23. The van der Waals surface area contributed by atoms with Crippen LogP contribution in [-0.2, 0) is 11.3 Å². The summed E-state index contributed by atoms with van der Waals surface area (Å²) in [5, 5.41) is 0. The van der Waals surface area contributed by atoms with Crippen LogP contribution in [0.15, 0.2) is 48.5 Å². The van der Waals surface area contributed by atoms with E-state index in [1.165, 1.54) is 0 Å². The van der Waals surface area contributed by atoms with E-state index in [4.69, 9.17) is 14.5 Å². The van der Waals surface area contributed by atoms with Crippen LogP contribution in [0.25, 0.3) is 23.2 Å². The highest BCUT2D eigenvalue weighted by Crippen LogP contribution is 2.19. The summed E-state index contributed by atoms with van der Waals surface area (Å²) < 4.78 is 12.6. The van der Waals surface area contributed by atoms with E-state index in [0.29, 0.717) is 6.61 Å². The molecule has 0 unspecified atom stereocenters. The molecule has 0 aliphatic carbocycles. The Morgan fingerprint density at radius 1 is 1.00 bits per heavy atom. The number of fused-ring (bicyclic) bond motifs is 1. The van der Waals surface area contributed by atoms with Crippen LogP contribution >= 0.6 is 12.4 Å². The third-order valence-corrected chi connectivity index (χ3v) is 3.74. The van der Waals surface area contributed by atoms with E-state index in [9.17, 15) is 0 Å². The second-order valence-electron chi connectivity index (χ2n) is 5.21. The summed E-state index contributed by atoms with van der Waals surface area (Å²) in [6, 6.07) is 16.1. The number of nitrogens with zero attached hydrogens (tertiary/aromatic N) is 2.